The molecule has 19 heavy (non-hydrogen) atoms. The number of aryl methyl sites for hydroxylation is 1. The molecule has 4 N–H and O–H groups in total. The molecular formula is C13H19N3O3. The predicted octanol–water partition coefficient (Wildman–Crippen LogP) is 1.79. The zero-order valence-corrected chi connectivity index (χ0v) is 11.2. The lowest BCUT2D eigenvalue weighted by Gasteiger charge is -2.11. The Balaban J connectivity index is 3.01. The zero-order valence-electron chi connectivity index (χ0n) is 11.2. The minimum absolute atomic E-state index is 0.0722. The Labute approximate surface area is 112 Å². The molecular weight excluding hydrogens is 246 g/mol. The standard InChI is InChI=1S/C13H19N3O3/c1-3-4-5-6-15-10-7-9(13(18)19)8(2)16-11(10)12(14)17/h7,15H,3-6H2,1-2H3,(H2,14,17)(H,18,19). The van der Waals surface area contributed by atoms with E-state index >= 15 is 0 Å². The third kappa shape index (κ3) is 3.94. The van der Waals surface area contributed by atoms with Gasteiger partial charge in [-0.3, -0.25) is 4.79 Å². The van der Waals surface area contributed by atoms with Crippen molar-refractivity contribution in [3.05, 3.63) is 23.0 Å². The van der Waals surface area contributed by atoms with Crippen LogP contribution < -0.4 is 11.1 Å². The van der Waals surface area contributed by atoms with Gasteiger partial charge in [0.25, 0.3) is 5.91 Å². The van der Waals surface area contributed by atoms with Crippen LogP contribution >= 0.6 is 0 Å². The summed E-state index contributed by atoms with van der Waals surface area (Å²) in [6, 6.07) is 1.41. The van der Waals surface area contributed by atoms with E-state index in [2.05, 4.69) is 17.2 Å². The predicted molar refractivity (Wildman–Crippen MR) is 72.5 cm³/mol. The number of rotatable bonds is 7. The van der Waals surface area contributed by atoms with Crippen molar-refractivity contribution in [3.8, 4) is 0 Å². The highest BCUT2D eigenvalue weighted by Crippen LogP contribution is 2.18. The summed E-state index contributed by atoms with van der Waals surface area (Å²) in [5, 5.41) is 12.1. The molecule has 0 aliphatic heterocycles. The van der Waals surface area contributed by atoms with Crippen LogP contribution in [-0.4, -0.2) is 28.5 Å². The summed E-state index contributed by atoms with van der Waals surface area (Å²) < 4.78 is 0. The van der Waals surface area contributed by atoms with E-state index in [4.69, 9.17) is 10.8 Å². The molecule has 0 saturated carbocycles. The van der Waals surface area contributed by atoms with Gasteiger partial charge in [-0.15, -0.1) is 0 Å². The summed E-state index contributed by atoms with van der Waals surface area (Å²) in [4.78, 5) is 26.3. The molecule has 0 radical (unpaired) electrons. The minimum atomic E-state index is -1.07. The summed E-state index contributed by atoms with van der Waals surface area (Å²) in [6.07, 6.45) is 3.08. The van der Waals surface area contributed by atoms with Gasteiger partial charge in [0.2, 0.25) is 0 Å². The van der Waals surface area contributed by atoms with Crippen molar-refractivity contribution in [3.63, 3.8) is 0 Å². The topological polar surface area (TPSA) is 105 Å². The van der Waals surface area contributed by atoms with E-state index in [0.717, 1.165) is 19.3 Å². The summed E-state index contributed by atoms with van der Waals surface area (Å²) in [5.41, 5.74) is 6.07. The zero-order chi connectivity index (χ0) is 14.4. The van der Waals surface area contributed by atoms with Gasteiger partial charge >= 0.3 is 5.97 Å². The fourth-order valence-electron chi connectivity index (χ4n) is 1.74. The van der Waals surface area contributed by atoms with Crippen LogP contribution in [0.2, 0.25) is 0 Å². The van der Waals surface area contributed by atoms with E-state index in [-0.39, 0.29) is 17.0 Å². The monoisotopic (exact) mass is 265 g/mol. The van der Waals surface area contributed by atoms with Crippen molar-refractivity contribution < 1.29 is 14.7 Å². The second-order valence-electron chi connectivity index (χ2n) is 4.32. The molecule has 6 nitrogen and oxygen atoms in total. The van der Waals surface area contributed by atoms with Gasteiger partial charge in [-0.2, -0.15) is 0 Å². The Morgan fingerprint density at radius 2 is 2.11 bits per heavy atom. The number of primary amides is 1. The van der Waals surface area contributed by atoms with Crippen LogP contribution in [0, 0.1) is 6.92 Å². The van der Waals surface area contributed by atoms with Crippen LogP contribution in [0.4, 0.5) is 5.69 Å². The molecule has 0 aromatic carbocycles. The molecule has 0 atom stereocenters. The average molecular weight is 265 g/mol. The van der Waals surface area contributed by atoms with E-state index in [1.165, 1.54) is 13.0 Å². The number of unbranched alkanes of at least 4 members (excludes halogenated alkanes) is 2. The van der Waals surface area contributed by atoms with Crippen molar-refractivity contribution in [2.45, 2.75) is 33.1 Å². The molecule has 0 saturated heterocycles. The number of nitrogens with one attached hydrogen (secondary N) is 1. The quantitative estimate of drug-likeness (QED) is 0.652. The highest BCUT2D eigenvalue weighted by atomic mass is 16.4. The number of hydrogen-bond acceptors (Lipinski definition) is 4. The summed E-state index contributed by atoms with van der Waals surface area (Å²) in [5.74, 6) is -1.74. The number of amides is 1. The molecule has 1 aromatic rings. The fourth-order valence-corrected chi connectivity index (χ4v) is 1.74. The number of aromatic nitrogens is 1. The fraction of sp³-hybridized carbons (Fsp3) is 0.462. The van der Waals surface area contributed by atoms with Crippen molar-refractivity contribution in [2.24, 2.45) is 5.73 Å². The maximum absolute atomic E-state index is 11.3. The summed E-state index contributed by atoms with van der Waals surface area (Å²) in [6.45, 7) is 4.28. The molecule has 1 heterocycles. The second-order valence-corrected chi connectivity index (χ2v) is 4.32. The van der Waals surface area contributed by atoms with E-state index < -0.39 is 11.9 Å². The molecule has 0 unspecified atom stereocenters. The number of carbonyl (C=O) groups is 2. The van der Waals surface area contributed by atoms with E-state index in [0.29, 0.717) is 12.2 Å². The van der Waals surface area contributed by atoms with E-state index in [9.17, 15) is 9.59 Å². The van der Waals surface area contributed by atoms with Gasteiger partial charge in [0.05, 0.1) is 16.9 Å². The van der Waals surface area contributed by atoms with Crippen LogP contribution in [0.3, 0.4) is 0 Å². The van der Waals surface area contributed by atoms with Gasteiger partial charge in [0.1, 0.15) is 0 Å². The van der Waals surface area contributed by atoms with Crippen LogP contribution in [0.1, 0.15) is 52.7 Å². The number of pyridine rings is 1. The number of carbonyl (C=O) groups excluding carboxylic acids is 1. The van der Waals surface area contributed by atoms with Crippen LogP contribution in [-0.2, 0) is 0 Å². The van der Waals surface area contributed by atoms with Gasteiger partial charge in [0.15, 0.2) is 5.69 Å². The molecule has 1 aromatic heterocycles. The van der Waals surface area contributed by atoms with E-state index in [1.807, 2.05) is 0 Å². The minimum Gasteiger partial charge on any atom is -0.478 e. The molecule has 1 amide bonds. The SMILES string of the molecule is CCCCCNc1cc(C(=O)O)c(C)nc1C(N)=O. The molecule has 0 bridgehead atoms. The Morgan fingerprint density at radius 1 is 1.42 bits per heavy atom. The number of hydrogen-bond donors (Lipinski definition) is 3. The highest BCUT2D eigenvalue weighted by Gasteiger charge is 2.16. The first kappa shape index (κ1) is 14.9. The molecule has 104 valence electrons. The number of nitrogens with two attached hydrogens (primary N) is 1. The Kier molecular flexibility index (Phi) is 5.29. The van der Waals surface area contributed by atoms with Gasteiger partial charge in [-0.1, -0.05) is 19.8 Å². The van der Waals surface area contributed by atoms with Crippen molar-refractivity contribution in [2.75, 3.05) is 11.9 Å². The lowest BCUT2D eigenvalue weighted by Crippen LogP contribution is -2.19. The Bertz CT molecular complexity index is 486. The van der Waals surface area contributed by atoms with Crippen molar-refractivity contribution >= 4 is 17.6 Å². The normalized spacial score (nSPS) is 10.2. The maximum Gasteiger partial charge on any atom is 0.337 e. The smallest absolute Gasteiger partial charge is 0.337 e. The first-order valence-corrected chi connectivity index (χ1v) is 6.26. The molecule has 1 rings (SSSR count). The molecule has 0 fully saturated rings. The average Bonchev–Trinajstić information content (AvgIpc) is 2.35. The van der Waals surface area contributed by atoms with Crippen LogP contribution in [0.25, 0.3) is 0 Å². The number of carboxylic acids is 1. The van der Waals surface area contributed by atoms with Crippen LogP contribution in [0.5, 0.6) is 0 Å². The summed E-state index contributed by atoms with van der Waals surface area (Å²) in [7, 11) is 0. The highest BCUT2D eigenvalue weighted by molar-refractivity contribution is 5.99. The molecule has 0 spiro atoms. The first-order chi connectivity index (χ1) is 8.97. The number of anilines is 1. The number of carboxylic acid groups (broad SMARTS) is 1. The molecule has 6 heteroatoms. The van der Waals surface area contributed by atoms with Gasteiger partial charge in [-0.25, -0.2) is 9.78 Å². The lowest BCUT2D eigenvalue weighted by molar-refractivity contribution is 0.0695. The molecule has 0 aliphatic rings. The Hall–Kier alpha value is -2.11. The van der Waals surface area contributed by atoms with Gasteiger partial charge in [-0.05, 0) is 19.4 Å². The van der Waals surface area contributed by atoms with Gasteiger partial charge < -0.3 is 16.2 Å². The number of aromatic carboxylic acids is 1. The number of nitrogens with zero attached hydrogens (tertiary/aromatic N) is 1. The first-order valence-electron chi connectivity index (χ1n) is 6.26. The van der Waals surface area contributed by atoms with E-state index in [1.54, 1.807) is 0 Å². The summed E-state index contributed by atoms with van der Waals surface area (Å²) >= 11 is 0. The lowest BCUT2D eigenvalue weighted by atomic mass is 10.1. The third-order valence-corrected chi connectivity index (χ3v) is 2.77. The Morgan fingerprint density at radius 3 is 2.63 bits per heavy atom. The van der Waals surface area contributed by atoms with Gasteiger partial charge in [0, 0.05) is 6.54 Å². The third-order valence-electron chi connectivity index (χ3n) is 2.77. The van der Waals surface area contributed by atoms with Crippen molar-refractivity contribution in [1.82, 2.24) is 4.98 Å². The van der Waals surface area contributed by atoms with Crippen molar-refractivity contribution in [1.29, 1.82) is 0 Å². The molecule has 0 aliphatic carbocycles. The maximum atomic E-state index is 11.3. The second kappa shape index (κ2) is 6.72. The van der Waals surface area contributed by atoms with Crippen LogP contribution in [0.15, 0.2) is 6.07 Å². The largest absolute Gasteiger partial charge is 0.478 e.